The maximum absolute atomic E-state index is 13.4. The van der Waals surface area contributed by atoms with E-state index in [4.69, 9.17) is 0 Å². The number of nitrogens with zero attached hydrogens (tertiary/aromatic N) is 2. The van der Waals surface area contributed by atoms with E-state index in [1.165, 1.54) is 40.5 Å². The zero-order valence-electron chi connectivity index (χ0n) is 16.5. The molecule has 1 aliphatic heterocycles. The van der Waals surface area contributed by atoms with Crippen molar-refractivity contribution in [1.29, 1.82) is 0 Å². The lowest BCUT2D eigenvalue weighted by atomic mass is 9.85. The zero-order valence-corrected chi connectivity index (χ0v) is 17.3. The van der Waals surface area contributed by atoms with E-state index < -0.39 is 23.3 Å². The van der Waals surface area contributed by atoms with Crippen LogP contribution >= 0.6 is 11.3 Å². The van der Waals surface area contributed by atoms with Gasteiger partial charge in [-0.05, 0) is 35.6 Å². The van der Waals surface area contributed by atoms with Gasteiger partial charge in [0.2, 0.25) is 5.91 Å². The van der Waals surface area contributed by atoms with Crippen molar-refractivity contribution < 1.29 is 18.8 Å². The molecule has 0 bridgehead atoms. The summed E-state index contributed by atoms with van der Waals surface area (Å²) in [5, 5.41) is 4.70. The van der Waals surface area contributed by atoms with Gasteiger partial charge in [-0.2, -0.15) is 0 Å². The van der Waals surface area contributed by atoms with Gasteiger partial charge in [0, 0.05) is 11.9 Å². The highest BCUT2D eigenvalue weighted by Crippen LogP contribution is 2.34. The van der Waals surface area contributed by atoms with Crippen LogP contribution in [0.4, 0.5) is 9.18 Å². The number of imide groups is 1. The van der Waals surface area contributed by atoms with Crippen LogP contribution in [0.1, 0.15) is 36.6 Å². The van der Waals surface area contributed by atoms with Crippen molar-refractivity contribution in [3.8, 4) is 0 Å². The van der Waals surface area contributed by atoms with E-state index in [9.17, 15) is 18.8 Å². The van der Waals surface area contributed by atoms with E-state index in [1.54, 1.807) is 7.05 Å². The number of amides is 4. The van der Waals surface area contributed by atoms with Crippen molar-refractivity contribution in [3.63, 3.8) is 0 Å². The lowest BCUT2D eigenvalue weighted by Gasteiger charge is -2.27. The molecule has 2 heterocycles. The Hall–Kier alpha value is -2.74. The minimum atomic E-state index is -1.27. The first-order valence-corrected chi connectivity index (χ1v) is 10.4. The smallest absolute Gasteiger partial charge is 0.325 e. The summed E-state index contributed by atoms with van der Waals surface area (Å²) in [6, 6.07) is 8.78. The third-order valence-electron chi connectivity index (χ3n) is 5.11. The van der Waals surface area contributed by atoms with Crippen LogP contribution in [-0.2, 0) is 21.7 Å². The van der Waals surface area contributed by atoms with Gasteiger partial charge >= 0.3 is 6.03 Å². The number of rotatable bonds is 8. The lowest BCUT2D eigenvalue weighted by Crippen LogP contribution is -2.45. The number of nitrogens with one attached hydrogen (secondary N) is 1. The number of hydrogen-bond acceptors (Lipinski definition) is 4. The van der Waals surface area contributed by atoms with E-state index in [1.807, 2.05) is 24.4 Å². The summed E-state index contributed by atoms with van der Waals surface area (Å²) < 4.78 is 13.4. The number of carbonyl (C=O) groups is 3. The molecule has 1 aromatic carbocycles. The molecule has 1 N–H and O–H groups in total. The molecular formula is C21H24FN3O3S. The molecule has 1 atom stereocenters. The van der Waals surface area contributed by atoms with Gasteiger partial charge in [-0.1, -0.05) is 38.0 Å². The number of halogens is 1. The van der Waals surface area contributed by atoms with Crippen LogP contribution in [0.3, 0.4) is 0 Å². The summed E-state index contributed by atoms with van der Waals surface area (Å²) in [4.78, 5) is 42.0. The summed E-state index contributed by atoms with van der Waals surface area (Å²) in [7, 11) is 1.64. The van der Waals surface area contributed by atoms with Crippen molar-refractivity contribution in [2.24, 2.45) is 0 Å². The number of likely N-dealkylation sites (N-methyl/N-ethyl adjacent to an activating group) is 1. The van der Waals surface area contributed by atoms with Crippen LogP contribution in [0.2, 0.25) is 0 Å². The van der Waals surface area contributed by atoms with Gasteiger partial charge in [0.25, 0.3) is 5.91 Å². The maximum atomic E-state index is 13.4. The quantitative estimate of drug-likeness (QED) is 0.669. The third-order valence-corrected chi connectivity index (χ3v) is 5.97. The molecule has 6 nitrogen and oxygen atoms in total. The normalized spacial score (nSPS) is 18.8. The van der Waals surface area contributed by atoms with Gasteiger partial charge in [0.15, 0.2) is 0 Å². The largest absolute Gasteiger partial charge is 0.339 e. The van der Waals surface area contributed by atoms with Crippen LogP contribution < -0.4 is 5.32 Å². The monoisotopic (exact) mass is 417 g/mol. The Bertz CT molecular complexity index is 885. The molecule has 0 aliphatic carbocycles. The Kier molecular flexibility index (Phi) is 6.32. The van der Waals surface area contributed by atoms with Crippen LogP contribution in [0.5, 0.6) is 0 Å². The van der Waals surface area contributed by atoms with Crippen LogP contribution in [-0.4, -0.2) is 41.2 Å². The van der Waals surface area contributed by atoms with Gasteiger partial charge in [-0.3, -0.25) is 14.5 Å². The fourth-order valence-electron chi connectivity index (χ4n) is 3.44. The third kappa shape index (κ3) is 4.32. The average molecular weight is 418 g/mol. The summed E-state index contributed by atoms with van der Waals surface area (Å²) in [6.07, 6.45) is 1.91. The highest BCUT2D eigenvalue weighted by Gasteiger charge is 2.52. The molecule has 0 spiro atoms. The predicted octanol–water partition coefficient (Wildman–Crippen LogP) is 3.48. The fourth-order valence-corrected chi connectivity index (χ4v) is 4.19. The summed E-state index contributed by atoms with van der Waals surface area (Å²) in [5.74, 6) is -1.22. The first kappa shape index (κ1) is 21.0. The highest BCUT2D eigenvalue weighted by molar-refractivity contribution is 7.09. The van der Waals surface area contributed by atoms with Crippen molar-refractivity contribution in [2.45, 2.75) is 38.3 Å². The minimum absolute atomic E-state index is 0.327. The number of urea groups is 1. The number of benzene rings is 1. The topological polar surface area (TPSA) is 69.7 Å². The molecule has 1 fully saturated rings. The van der Waals surface area contributed by atoms with Gasteiger partial charge in [-0.25, -0.2) is 9.18 Å². The predicted molar refractivity (Wildman–Crippen MR) is 109 cm³/mol. The average Bonchev–Trinajstić information content (AvgIpc) is 3.29. The van der Waals surface area contributed by atoms with E-state index in [0.29, 0.717) is 24.9 Å². The number of hydrogen-bond donors (Lipinski definition) is 1. The van der Waals surface area contributed by atoms with Crippen LogP contribution in [0.25, 0.3) is 0 Å². The van der Waals surface area contributed by atoms with Crippen molar-refractivity contribution >= 4 is 29.2 Å². The Morgan fingerprint density at radius 2 is 1.97 bits per heavy atom. The van der Waals surface area contributed by atoms with E-state index in [0.717, 1.165) is 16.2 Å². The first-order chi connectivity index (χ1) is 13.9. The van der Waals surface area contributed by atoms with Crippen molar-refractivity contribution in [2.75, 3.05) is 13.6 Å². The Morgan fingerprint density at radius 3 is 2.59 bits per heavy atom. The molecule has 29 heavy (non-hydrogen) atoms. The molecule has 3 rings (SSSR count). The summed E-state index contributed by atoms with van der Waals surface area (Å²) >= 11 is 1.54. The second-order valence-corrected chi connectivity index (χ2v) is 8.20. The molecule has 1 aromatic heterocycles. The minimum Gasteiger partial charge on any atom is -0.339 e. The second kappa shape index (κ2) is 8.73. The molecule has 8 heteroatoms. The summed E-state index contributed by atoms with van der Waals surface area (Å²) in [6.45, 7) is 2.07. The molecule has 0 saturated carbocycles. The van der Waals surface area contributed by atoms with Gasteiger partial charge < -0.3 is 10.2 Å². The highest BCUT2D eigenvalue weighted by atomic mass is 32.1. The number of carbonyl (C=O) groups excluding carboxylic acids is 3. The Labute approximate surface area is 173 Å². The molecule has 2 aromatic rings. The van der Waals surface area contributed by atoms with Gasteiger partial charge in [0.05, 0.1) is 6.54 Å². The Morgan fingerprint density at radius 1 is 1.24 bits per heavy atom. The van der Waals surface area contributed by atoms with Gasteiger partial charge in [0.1, 0.15) is 17.9 Å². The first-order valence-electron chi connectivity index (χ1n) is 9.54. The van der Waals surface area contributed by atoms with Crippen molar-refractivity contribution in [1.82, 2.24) is 15.1 Å². The van der Waals surface area contributed by atoms with Gasteiger partial charge in [-0.15, -0.1) is 11.3 Å². The zero-order chi connectivity index (χ0) is 21.0. The van der Waals surface area contributed by atoms with E-state index in [-0.39, 0.29) is 12.5 Å². The van der Waals surface area contributed by atoms with E-state index in [2.05, 4.69) is 5.32 Å². The summed E-state index contributed by atoms with van der Waals surface area (Å²) in [5.41, 5.74) is -0.750. The van der Waals surface area contributed by atoms with Crippen LogP contribution in [0.15, 0.2) is 41.8 Å². The molecule has 4 amide bonds. The maximum Gasteiger partial charge on any atom is 0.325 e. The standard InChI is InChI=1S/C21H24FN3O3S/c1-3-4-11-21(15-7-9-16(22)10-8-15)19(27)25(20(28)23-21)14-18(26)24(2)13-17-6-5-12-29-17/h5-10,12H,3-4,11,13-14H2,1-2H3,(H,23,28)/t21-/m1/s1. The number of thiophene rings is 1. The molecular weight excluding hydrogens is 393 g/mol. The molecule has 0 radical (unpaired) electrons. The van der Waals surface area contributed by atoms with Crippen LogP contribution in [0, 0.1) is 5.82 Å². The SMILES string of the molecule is CCCC[C@]1(c2ccc(F)cc2)NC(=O)N(CC(=O)N(C)Cc2cccs2)C1=O. The molecule has 1 aliphatic rings. The number of unbranched alkanes of at least 4 members (excludes halogenated alkanes) is 1. The van der Waals surface area contributed by atoms with Crippen molar-refractivity contribution in [3.05, 3.63) is 58.0 Å². The lowest BCUT2D eigenvalue weighted by molar-refractivity contribution is -0.139. The molecule has 1 saturated heterocycles. The molecule has 0 unspecified atom stereocenters. The fraction of sp³-hybridized carbons (Fsp3) is 0.381. The Balaban J connectivity index is 1.80. The second-order valence-electron chi connectivity index (χ2n) is 7.17. The van der Waals surface area contributed by atoms with E-state index >= 15 is 0 Å². The molecule has 154 valence electrons.